The van der Waals surface area contributed by atoms with Gasteiger partial charge >= 0.3 is 0 Å². The summed E-state index contributed by atoms with van der Waals surface area (Å²) >= 11 is 0. The molecule has 0 aromatic rings. The maximum absolute atomic E-state index is 5.70. The van der Waals surface area contributed by atoms with Crippen LogP contribution < -0.4 is 16.6 Å². The van der Waals surface area contributed by atoms with Gasteiger partial charge in [-0.15, -0.1) is 0 Å². The number of hydrazine groups is 1. The van der Waals surface area contributed by atoms with Crippen LogP contribution in [0.25, 0.3) is 0 Å². The van der Waals surface area contributed by atoms with E-state index in [1.807, 2.05) is 0 Å². The molecule has 0 aromatic heterocycles. The van der Waals surface area contributed by atoms with E-state index in [0.717, 1.165) is 0 Å². The molecule has 2 rings (SSSR count). The first-order valence-electron chi connectivity index (χ1n) is 4.76. The van der Waals surface area contributed by atoms with E-state index in [4.69, 9.17) is 5.73 Å². The third-order valence-corrected chi connectivity index (χ3v) is 2.87. The van der Waals surface area contributed by atoms with Gasteiger partial charge in [0.1, 0.15) is 0 Å². The Labute approximate surface area is 73.4 Å². The van der Waals surface area contributed by atoms with Crippen molar-refractivity contribution >= 4 is 0 Å². The Morgan fingerprint density at radius 1 is 1.67 bits per heavy atom. The van der Waals surface area contributed by atoms with E-state index in [9.17, 15) is 0 Å². The third-order valence-electron chi connectivity index (χ3n) is 2.87. The average molecular weight is 167 g/mol. The van der Waals surface area contributed by atoms with E-state index in [2.05, 4.69) is 23.9 Å². The Bertz CT molecular complexity index is 206. The number of hydrogen-bond acceptors (Lipinski definition) is 3. The fraction of sp³-hybridized carbons (Fsp3) is 0.778. The van der Waals surface area contributed by atoms with Crippen LogP contribution >= 0.6 is 0 Å². The first-order valence-corrected chi connectivity index (χ1v) is 4.76. The van der Waals surface area contributed by atoms with Crippen molar-refractivity contribution in [1.29, 1.82) is 0 Å². The van der Waals surface area contributed by atoms with Gasteiger partial charge in [-0.2, -0.15) is 0 Å². The zero-order valence-corrected chi connectivity index (χ0v) is 7.56. The van der Waals surface area contributed by atoms with Crippen LogP contribution in [0.4, 0.5) is 0 Å². The van der Waals surface area contributed by atoms with Gasteiger partial charge in [0.05, 0.1) is 6.17 Å². The molecule has 0 bridgehead atoms. The minimum absolute atomic E-state index is 0.00864. The van der Waals surface area contributed by atoms with Crippen molar-refractivity contribution in [1.82, 2.24) is 10.9 Å². The Morgan fingerprint density at radius 3 is 2.83 bits per heavy atom. The minimum atomic E-state index is 0.00864. The van der Waals surface area contributed by atoms with Crippen LogP contribution in [0, 0.1) is 5.41 Å². The molecule has 1 fully saturated rings. The summed E-state index contributed by atoms with van der Waals surface area (Å²) in [6, 6.07) is 0. The molecule has 12 heavy (non-hydrogen) atoms. The van der Waals surface area contributed by atoms with E-state index in [0.29, 0.717) is 5.41 Å². The summed E-state index contributed by atoms with van der Waals surface area (Å²) in [7, 11) is 0. The molecule has 3 nitrogen and oxygen atoms in total. The van der Waals surface area contributed by atoms with Crippen molar-refractivity contribution in [2.45, 2.75) is 38.8 Å². The lowest BCUT2D eigenvalue weighted by Gasteiger charge is -2.15. The van der Waals surface area contributed by atoms with Crippen LogP contribution in [-0.2, 0) is 0 Å². The van der Waals surface area contributed by atoms with Gasteiger partial charge in [0.25, 0.3) is 0 Å². The molecule has 4 N–H and O–H groups in total. The van der Waals surface area contributed by atoms with Crippen molar-refractivity contribution in [3.05, 3.63) is 11.8 Å². The molecular weight excluding hydrogens is 150 g/mol. The topological polar surface area (TPSA) is 50.1 Å². The number of nitrogens with two attached hydrogens (primary N) is 1. The predicted octanol–water partition coefficient (Wildman–Crippen LogP) is 0.843. The van der Waals surface area contributed by atoms with Crippen LogP contribution in [0.5, 0.6) is 0 Å². The van der Waals surface area contributed by atoms with Gasteiger partial charge < -0.3 is 11.2 Å². The van der Waals surface area contributed by atoms with Gasteiger partial charge in [0, 0.05) is 11.1 Å². The zero-order valence-electron chi connectivity index (χ0n) is 7.56. The number of nitrogens with one attached hydrogen (secondary N) is 2. The predicted molar refractivity (Wildman–Crippen MR) is 48.9 cm³/mol. The first-order chi connectivity index (χ1) is 5.77. The van der Waals surface area contributed by atoms with Crippen molar-refractivity contribution in [2.24, 2.45) is 11.1 Å². The average Bonchev–Trinajstić information content (AvgIpc) is 2.69. The van der Waals surface area contributed by atoms with E-state index < -0.39 is 0 Å². The third kappa shape index (κ3) is 1.23. The Morgan fingerprint density at radius 2 is 2.42 bits per heavy atom. The van der Waals surface area contributed by atoms with Crippen molar-refractivity contribution in [3.63, 3.8) is 0 Å². The molecule has 1 atom stereocenters. The van der Waals surface area contributed by atoms with Gasteiger partial charge in [0.15, 0.2) is 0 Å². The number of rotatable bonds is 3. The highest BCUT2D eigenvalue weighted by Gasteiger charge is 2.46. The van der Waals surface area contributed by atoms with Crippen LogP contribution in [0.3, 0.4) is 0 Å². The maximum Gasteiger partial charge on any atom is 0.0932 e. The van der Waals surface area contributed by atoms with E-state index >= 15 is 0 Å². The van der Waals surface area contributed by atoms with Gasteiger partial charge in [-0.3, -0.25) is 0 Å². The molecule has 3 heteroatoms. The molecule has 0 aromatic carbocycles. The summed E-state index contributed by atoms with van der Waals surface area (Å²) < 4.78 is 0. The van der Waals surface area contributed by atoms with Crippen LogP contribution in [0.1, 0.15) is 32.6 Å². The molecule has 0 radical (unpaired) electrons. The monoisotopic (exact) mass is 167 g/mol. The molecule has 1 aliphatic heterocycles. The second kappa shape index (κ2) is 2.75. The Hall–Kier alpha value is -0.540. The largest absolute Gasteiger partial charge is 0.323 e. The highest BCUT2D eigenvalue weighted by molar-refractivity contribution is 5.24. The SMILES string of the molecule is CCCC1(C2=CC(N)NN2)CC1. The van der Waals surface area contributed by atoms with Crippen molar-refractivity contribution < 1.29 is 0 Å². The van der Waals surface area contributed by atoms with Gasteiger partial charge in [-0.05, 0) is 25.3 Å². The summed E-state index contributed by atoms with van der Waals surface area (Å²) in [6.07, 6.45) is 7.33. The van der Waals surface area contributed by atoms with Gasteiger partial charge in [0.2, 0.25) is 0 Å². The molecule has 0 saturated heterocycles. The molecule has 0 spiro atoms. The van der Waals surface area contributed by atoms with E-state index in [1.165, 1.54) is 31.4 Å². The number of allylic oxidation sites excluding steroid dienone is 1. The highest BCUT2D eigenvalue weighted by Crippen LogP contribution is 2.54. The van der Waals surface area contributed by atoms with Crippen LogP contribution in [0.15, 0.2) is 11.8 Å². The Kier molecular flexibility index (Phi) is 1.85. The quantitative estimate of drug-likeness (QED) is 0.584. The van der Waals surface area contributed by atoms with E-state index in [1.54, 1.807) is 0 Å². The second-order valence-corrected chi connectivity index (χ2v) is 3.91. The van der Waals surface area contributed by atoms with Crippen molar-refractivity contribution in [2.75, 3.05) is 0 Å². The first kappa shape index (κ1) is 8.08. The maximum atomic E-state index is 5.70. The lowest BCUT2D eigenvalue weighted by atomic mass is 9.96. The van der Waals surface area contributed by atoms with Gasteiger partial charge in [-0.25, -0.2) is 5.43 Å². The molecule has 1 heterocycles. The fourth-order valence-electron chi connectivity index (χ4n) is 2.02. The molecule has 2 aliphatic rings. The molecule has 0 amide bonds. The van der Waals surface area contributed by atoms with Gasteiger partial charge in [-0.1, -0.05) is 13.3 Å². The second-order valence-electron chi connectivity index (χ2n) is 3.91. The summed E-state index contributed by atoms with van der Waals surface area (Å²) in [5.74, 6) is 0. The summed E-state index contributed by atoms with van der Waals surface area (Å²) in [5.41, 5.74) is 13.7. The number of hydrogen-bond donors (Lipinski definition) is 3. The highest BCUT2D eigenvalue weighted by atomic mass is 15.4. The lowest BCUT2D eigenvalue weighted by molar-refractivity contribution is 0.479. The fourth-order valence-corrected chi connectivity index (χ4v) is 2.02. The minimum Gasteiger partial charge on any atom is -0.323 e. The van der Waals surface area contributed by atoms with Crippen LogP contribution in [0.2, 0.25) is 0 Å². The zero-order chi connectivity index (χ0) is 8.60. The van der Waals surface area contributed by atoms with Crippen molar-refractivity contribution in [3.8, 4) is 0 Å². The Balaban J connectivity index is 2.04. The summed E-state index contributed by atoms with van der Waals surface area (Å²) in [5, 5.41) is 0. The molecule has 68 valence electrons. The summed E-state index contributed by atoms with van der Waals surface area (Å²) in [6.45, 7) is 2.24. The molecule has 1 unspecified atom stereocenters. The molecule has 1 saturated carbocycles. The van der Waals surface area contributed by atoms with E-state index in [-0.39, 0.29) is 6.17 Å². The summed E-state index contributed by atoms with van der Waals surface area (Å²) in [4.78, 5) is 0. The molecular formula is C9H17N3. The lowest BCUT2D eigenvalue weighted by Crippen LogP contribution is -2.38. The standard InChI is InChI=1S/C9H17N3/c1-2-3-9(4-5-9)7-6-8(10)12-11-7/h6,8,11-12H,2-5,10H2,1H3. The van der Waals surface area contributed by atoms with Crippen LogP contribution in [-0.4, -0.2) is 6.17 Å². The normalized spacial score (nSPS) is 31.2. The molecule has 1 aliphatic carbocycles. The smallest absolute Gasteiger partial charge is 0.0932 e.